The quantitative estimate of drug-likeness (QED) is 0.802. The van der Waals surface area contributed by atoms with E-state index in [-0.39, 0.29) is 17.9 Å². The lowest BCUT2D eigenvalue weighted by atomic mass is 9.94. The van der Waals surface area contributed by atoms with Crippen molar-refractivity contribution in [2.24, 2.45) is 11.8 Å². The van der Waals surface area contributed by atoms with Crippen LogP contribution in [0.5, 0.6) is 0 Å². The van der Waals surface area contributed by atoms with E-state index in [0.717, 1.165) is 55.8 Å². The Morgan fingerprint density at radius 3 is 3.12 bits per heavy atom. The summed E-state index contributed by atoms with van der Waals surface area (Å²) in [6, 6.07) is 10.4. The molecule has 140 valence electrons. The minimum atomic E-state index is -0.0475. The number of likely N-dealkylation sites (tertiary alicyclic amines) is 1. The van der Waals surface area contributed by atoms with Crippen molar-refractivity contribution >= 4 is 16.9 Å². The Kier molecular flexibility index (Phi) is 5.24. The van der Waals surface area contributed by atoms with Gasteiger partial charge < -0.3 is 14.1 Å². The predicted octanol–water partition coefficient (Wildman–Crippen LogP) is 2.47. The van der Waals surface area contributed by atoms with Crippen molar-refractivity contribution in [3.05, 3.63) is 36.1 Å². The molecule has 0 amide bonds. The topological polar surface area (TPSA) is 66.7 Å². The summed E-state index contributed by atoms with van der Waals surface area (Å²) in [5.74, 6) is 1.33. The van der Waals surface area contributed by atoms with E-state index < -0.39 is 0 Å². The molecule has 3 unspecified atom stereocenters. The normalized spacial score (nSPS) is 27.0. The number of furan rings is 1. The maximum Gasteiger partial charge on any atom is 0.310 e. The van der Waals surface area contributed by atoms with Gasteiger partial charge in [-0.15, -0.1) is 0 Å². The van der Waals surface area contributed by atoms with E-state index in [9.17, 15) is 4.79 Å². The second kappa shape index (κ2) is 7.78. The third kappa shape index (κ3) is 3.63. The number of esters is 1. The average molecular weight is 357 g/mol. The molecule has 2 aliphatic heterocycles. The van der Waals surface area contributed by atoms with E-state index in [4.69, 9.17) is 9.15 Å². The lowest BCUT2D eigenvalue weighted by Gasteiger charge is -2.33. The highest BCUT2D eigenvalue weighted by Crippen LogP contribution is 2.31. The van der Waals surface area contributed by atoms with Gasteiger partial charge in [0.2, 0.25) is 0 Å². The molecule has 0 spiro atoms. The minimum absolute atomic E-state index is 0.00988. The number of hydrogen-bond donors (Lipinski definition) is 2. The zero-order chi connectivity index (χ0) is 17.9. The zero-order valence-electron chi connectivity index (χ0n) is 15.2. The molecule has 2 saturated heterocycles. The number of nitrogens with zero attached hydrogens (tertiary/aromatic N) is 1. The van der Waals surface area contributed by atoms with Gasteiger partial charge in [-0.05, 0) is 38.4 Å². The number of piperidine rings is 1. The number of carbonyl (C=O) groups is 1. The highest BCUT2D eigenvalue weighted by atomic mass is 16.5. The molecule has 2 fully saturated rings. The van der Waals surface area contributed by atoms with E-state index in [1.54, 1.807) is 0 Å². The first kappa shape index (κ1) is 17.5. The van der Waals surface area contributed by atoms with Crippen LogP contribution in [0.1, 0.15) is 31.6 Å². The molecule has 0 radical (unpaired) electrons. The van der Waals surface area contributed by atoms with Crippen molar-refractivity contribution in [1.82, 2.24) is 15.8 Å². The van der Waals surface area contributed by atoms with Gasteiger partial charge in [0.1, 0.15) is 11.3 Å². The standard InChI is InChI=1S/C20H27N3O3/c1-2-25-20(24)15-7-5-9-23(12-15)13-16-11-21-22-19(16)18-10-14-6-3-4-8-17(14)26-18/h3-4,6,8,10,15-16,19,21-22H,2,5,7,9,11-13H2,1H3. The summed E-state index contributed by atoms with van der Waals surface area (Å²) in [5, 5.41) is 1.13. The molecule has 1 aromatic heterocycles. The van der Waals surface area contributed by atoms with Crippen molar-refractivity contribution < 1.29 is 13.9 Å². The monoisotopic (exact) mass is 357 g/mol. The second-order valence-corrected chi connectivity index (χ2v) is 7.30. The van der Waals surface area contributed by atoms with Gasteiger partial charge in [-0.2, -0.15) is 0 Å². The lowest BCUT2D eigenvalue weighted by Crippen LogP contribution is -2.42. The smallest absolute Gasteiger partial charge is 0.310 e. The molecule has 2 aliphatic rings. The van der Waals surface area contributed by atoms with Crippen LogP contribution in [-0.4, -0.2) is 43.7 Å². The fourth-order valence-corrected chi connectivity index (χ4v) is 4.17. The number of hydrogen-bond acceptors (Lipinski definition) is 6. The van der Waals surface area contributed by atoms with Crippen molar-refractivity contribution in [2.45, 2.75) is 25.8 Å². The number of para-hydroxylation sites is 1. The van der Waals surface area contributed by atoms with Gasteiger partial charge in [0, 0.05) is 30.9 Å². The number of nitrogens with one attached hydrogen (secondary N) is 2. The SMILES string of the molecule is CCOC(=O)C1CCCN(CC2CNNC2c2cc3ccccc3o2)C1. The van der Waals surface area contributed by atoms with Crippen molar-refractivity contribution in [1.29, 1.82) is 0 Å². The van der Waals surface area contributed by atoms with Crippen LogP contribution in [0.4, 0.5) is 0 Å². The van der Waals surface area contributed by atoms with Crippen LogP contribution in [0.3, 0.4) is 0 Å². The minimum Gasteiger partial charge on any atom is -0.466 e. The summed E-state index contributed by atoms with van der Waals surface area (Å²) < 4.78 is 11.3. The Morgan fingerprint density at radius 1 is 1.38 bits per heavy atom. The third-order valence-corrected chi connectivity index (χ3v) is 5.46. The molecule has 2 N–H and O–H groups in total. The van der Waals surface area contributed by atoms with Crippen LogP contribution in [-0.2, 0) is 9.53 Å². The molecule has 4 rings (SSSR count). The average Bonchev–Trinajstić information content (AvgIpc) is 3.28. The molecule has 26 heavy (non-hydrogen) atoms. The van der Waals surface area contributed by atoms with Crippen LogP contribution in [0.2, 0.25) is 0 Å². The Bertz CT molecular complexity index is 727. The second-order valence-electron chi connectivity index (χ2n) is 7.30. The van der Waals surface area contributed by atoms with Crippen molar-refractivity contribution in [2.75, 3.05) is 32.8 Å². The van der Waals surface area contributed by atoms with Gasteiger partial charge in [0.15, 0.2) is 0 Å². The number of fused-ring (bicyclic) bond motifs is 1. The van der Waals surface area contributed by atoms with Gasteiger partial charge in [-0.3, -0.25) is 10.2 Å². The molecule has 2 aromatic rings. The molecule has 6 nitrogen and oxygen atoms in total. The Hall–Kier alpha value is -1.89. The number of benzene rings is 1. The lowest BCUT2D eigenvalue weighted by molar-refractivity contribution is -0.150. The summed E-state index contributed by atoms with van der Waals surface area (Å²) in [4.78, 5) is 14.5. The predicted molar refractivity (Wildman–Crippen MR) is 99.4 cm³/mol. The van der Waals surface area contributed by atoms with Crippen LogP contribution >= 0.6 is 0 Å². The van der Waals surface area contributed by atoms with Crippen LogP contribution < -0.4 is 10.9 Å². The maximum atomic E-state index is 12.1. The third-order valence-electron chi connectivity index (χ3n) is 5.46. The van der Waals surface area contributed by atoms with Crippen LogP contribution in [0.25, 0.3) is 11.0 Å². The maximum absolute atomic E-state index is 12.1. The summed E-state index contributed by atoms with van der Waals surface area (Å²) in [5.41, 5.74) is 7.57. The molecular formula is C20H27N3O3. The molecule has 3 atom stereocenters. The highest BCUT2D eigenvalue weighted by Gasteiger charge is 2.34. The molecule has 0 bridgehead atoms. The van der Waals surface area contributed by atoms with Crippen molar-refractivity contribution in [3.63, 3.8) is 0 Å². The van der Waals surface area contributed by atoms with Crippen molar-refractivity contribution in [3.8, 4) is 0 Å². The van der Waals surface area contributed by atoms with E-state index in [1.807, 2.05) is 25.1 Å². The number of carbonyl (C=O) groups excluding carboxylic acids is 1. The zero-order valence-corrected chi connectivity index (χ0v) is 15.2. The van der Waals surface area contributed by atoms with Gasteiger partial charge in [-0.25, -0.2) is 5.43 Å². The van der Waals surface area contributed by atoms with E-state index in [0.29, 0.717) is 12.5 Å². The number of ether oxygens (including phenoxy) is 1. The Labute approximate surface area is 153 Å². The first-order chi connectivity index (χ1) is 12.7. The van der Waals surface area contributed by atoms with Gasteiger partial charge >= 0.3 is 5.97 Å². The van der Waals surface area contributed by atoms with Crippen LogP contribution in [0.15, 0.2) is 34.7 Å². The van der Waals surface area contributed by atoms with Gasteiger partial charge in [0.05, 0.1) is 18.6 Å². The first-order valence-electron chi connectivity index (χ1n) is 9.60. The largest absolute Gasteiger partial charge is 0.466 e. The van der Waals surface area contributed by atoms with E-state index >= 15 is 0 Å². The molecular weight excluding hydrogens is 330 g/mol. The number of hydrazine groups is 1. The summed E-state index contributed by atoms with van der Waals surface area (Å²) in [6.07, 6.45) is 1.98. The van der Waals surface area contributed by atoms with E-state index in [2.05, 4.69) is 27.9 Å². The molecule has 3 heterocycles. The van der Waals surface area contributed by atoms with Crippen LogP contribution in [0, 0.1) is 11.8 Å². The Morgan fingerprint density at radius 2 is 2.27 bits per heavy atom. The fraction of sp³-hybridized carbons (Fsp3) is 0.550. The number of rotatable bonds is 5. The van der Waals surface area contributed by atoms with Gasteiger partial charge in [-0.1, -0.05) is 18.2 Å². The molecule has 0 saturated carbocycles. The molecule has 0 aliphatic carbocycles. The molecule has 1 aromatic carbocycles. The summed E-state index contributed by atoms with van der Waals surface area (Å²) >= 11 is 0. The molecule has 6 heteroatoms. The summed E-state index contributed by atoms with van der Waals surface area (Å²) in [7, 11) is 0. The Balaban J connectivity index is 1.42. The first-order valence-corrected chi connectivity index (χ1v) is 9.60. The van der Waals surface area contributed by atoms with E-state index in [1.165, 1.54) is 0 Å². The summed E-state index contributed by atoms with van der Waals surface area (Å²) in [6.45, 7) is 5.99. The fourth-order valence-electron chi connectivity index (χ4n) is 4.17. The highest BCUT2D eigenvalue weighted by molar-refractivity contribution is 5.77. The van der Waals surface area contributed by atoms with Gasteiger partial charge in [0.25, 0.3) is 0 Å².